The van der Waals surface area contributed by atoms with Crippen molar-refractivity contribution in [2.24, 2.45) is 0 Å². The number of benzene rings is 1. The Morgan fingerprint density at radius 1 is 1.05 bits per heavy atom. The molecule has 1 atom stereocenters. The van der Waals surface area contributed by atoms with Crippen LogP contribution in [0.4, 0.5) is 23.5 Å². The van der Waals surface area contributed by atoms with Gasteiger partial charge in [-0.05, 0) is 22.9 Å². The summed E-state index contributed by atoms with van der Waals surface area (Å²) in [6, 6.07) is 12.5. The van der Waals surface area contributed by atoms with E-state index in [0.717, 1.165) is 5.56 Å². The molecule has 13 heteroatoms. The quantitative estimate of drug-likeness (QED) is 0.270. The number of fused-ring (bicyclic) bond motifs is 1. The summed E-state index contributed by atoms with van der Waals surface area (Å²) in [6.45, 7) is 2.71. The lowest BCUT2D eigenvalue weighted by Gasteiger charge is -2.24. The number of carbonyl (C=O) groups is 1. The van der Waals surface area contributed by atoms with E-state index < -0.39 is 6.04 Å². The van der Waals surface area contributed by atoms with Crippen LogP contribution in [0.5, 0.6) is 0 Å². The highest BCUT2D eigenvalue weighted by atomic mass is 16.5. The Bertz CT molecular complexity index is 1440. The molecule has 2 aliphatic heterocycles. The maximum absolute atomic E-state index is 11.8. The molecule has 1 amide bonds. The van der Waals surface area contributed by atoms with Crippen LogP contribution in [0.3, 0.4) is 0 Å². The van der Waals surface area contributed by atoms with Crippen molar-refractivity contribution in [1.82, 2.24) is 30.4 Å². The van der Waals surface area contributed by atoms with Crippen molar-refractivity contribution in [3.05, 3.63) is 65.5 Å². The summed E-state index contributed by atoms with van der Waals surface area (Å²) in [5.74, 6) is 1.71. The average molecular weight is 516 g/mol. The Kier molecular flexibility index (Phi) is 6.50. The number of nitrogens with one attached hydrogen (secondary N) is 3. The van der Waals surface area contributed by atoms with Crippen molar-refractivity contribution < 1.29 is 19.2 Å². The summed E-state index contributed by atoms with van der Waals surface area (Å²) in [6.07, 6.45) is 1.58. The minimum Gasteiger partial charge on any atom is -0.394 e. The number of nitrogens with zero attached hydrogens (tertiary/aromatic N) is 6. The second kappa shape index (κ2) is 10.4. The highest BCUT2D eigenvalue weighted by Crippen LogP contribution is 2.30. The highest BCUT2D eigenvalue weighted by molar-refractivity contribution is 5.97. The Morgan fingerprint density at radius 3 is 2.71 bits per heavy atom. The van der Waals surface area contributed by atoms with Crippen LogP contribution in [0.25, 0.3) is 11.5 Å². The average Bonchev–Trinajstić information content (AvgIpc) is 3.60. The van der Waals surface area contributed by atoms with Gasteiger partial charge in [0.25, 0.3) is 17.7 Å². The van der Waals surface area contributed by atoms with Gasteiger partial charge in [-0.25, -0.2) is 9.97 Å². The van der Waals surface area contributed by atoms with E-state index in [0.29, 0.717) is 67.3 Å². The number of aliphatic hydroxyl groups is 1. The summed E-state index contributed by atoms with van der Waals surface area (Å²) in [5.41, 5.74) is 2.57. The van der Waals surface area contributed by atoms with E-state index in [9.17, 15) is 9.90 Å². The number of hydrogen-bond acceptors (Lipinski definition) is 12. The third-order valence-electron chi connectivity index (χ3n) is 6.30. The molecule has 1 saturated heterocycles. The number of carbonyl (C=O) groups excluding carboxylic acids is 1. The largest absolute Gasteiger partial charge is 0.394 e. The number of anilines is 4. The number of aromatic nitrogens is 5. The Balaban J connectivity index is 1.32. The van der Waals surface area contributed by atoms with E-state index in [4.69, 9.17) is 9.26 Å². The number of rotatable bonds is 8. The van der Waals surface area contributed by atoms with Crippen LogP contribution >= 0.6 is 0 Å². The zero-order valence-electron chi connectivity index (χ0n) is 20.3. The van der Waals surface area contributed by atoms with Crippen LogP contribution in [0.2, 0.25) is 0 Å². The molecule has 3 aromatic heterocycles. The SMILES string of the molecule is O=C1NCc2nc(Nc3ncc(-c4nc(N5CCOCC5)no4)c(N[C@H](CO)c4ccccc4)n3)ccc21. The Morgan fingerprint density at radius 2 is 1.89 bits per heavy atom. The second-order valence-electron chi connectivity index (χ2n) is 8.74. The zero-order chi connectivity index (χ0) is 25.9. The standard InChI is InChI=1S/C25H25N9O4/c35-14-19(15-4-2-1-3-5-15)29-21-17(23-32-25(33-38-23)34-8-10-37-11-9-34)12-27-24(31-21)30-20-7-6-16-18(28-20)13-26-22(16)36/h1-7,12,19,35H,8-11,13-14H2,(H,26,36)(H2,27,28,29,30,31)/t19-/m1/s1. The number of amides is 1. The van der Waals surface area contributed by atoms with Gasteiger partial charge in [-0.15, -0.1) is 0 Å². The van der Waals surface area contributed by atoms with Crippen LogP contribution in [0, 0.1) is 0 Å². The molecule has 0 unspecified atom stereocenters. The summed E-state index contributed by atoms with van der Waals surface area (Å²) in [5, 5.41) is 23.4. The summed E-state index contributed by atoms with van der Waals surface area (Å²) in [7, 11) is 0. The van der Waals surface area contributed by atoms with Gasteiger partial charge < -0.3 is 35.2 Å². The molecule has 38 heavy (non-hydrogen) atoms. The molecule has 6 rings (SSSR count). The topological polar surface area (TPSA) is 163 Å². The van der Waals surface area contributed by atoms with E-state index >= 15 is 0 Å². The van der Waals surface area contributed by atoms with Gasteiger partial charge in [0.05, 0.1) is 43.7 Å². The molecule has 194 valence electrons. The van der Waals surface area contributed by atoms with Gasteiger partial charge in [-0.3, -0.25) is 4.79 Å². The van der Waals surface area contributed by atoms with Crippen molar-refractivity contribution in [1.29, 1.82) is 0 Å². The van der Waals surface area contributed by atoms with Crippen LogP contribution in [-0.4, -0.2) is 69.0 Å². The smallest absolute Gasteiger partial charge is 0.266 e. The van der Waals surface area contributed by atoms with Crippen molar-refractivity contribution in [3.63, 3.8) is 0 Å². The third-order valence-corrected chi connectivity index (χ3v) is 6.30. The molecule has 2 aliphatic rings. The van der Waals surface area contributed by atoms with Crippen molar-refractivity contribution >= 4 is 29.4 Å². The third kappa shape index (κ3) is 4.84. The molecule has 0 saturated carbocycles. The molecule has 1 fully saturated rings. The van der Waals surface area contributed by atoms with Crippen LogP contribution in [-0.2, 0) is 11.3 Å². The first-order valence-electron chi connectivity index (χ1n) is 12.2. The lowest BCUT2D eigenvalue weighted by Crippen LogP contribution is -2.36. The summed E-state index contributed by atoms with van der Waals surface area (Å²) < 4.78 is 11.0. The van der Waals surface area contributed by atoms with Crippen LogP contribution in [0.1, 0.15) is 27.7 Å². The van der Waals surface area contributed by atoms with Gasteiger partial charge in [0.2, 0.25) is 5.95 Å². The molecule has 0 aliphatic carbocycles. The fourth-order valence-electron chi connectivity index (χ4n) is 4.30. The Hall–Kier alpha value is -4.62. The lowest BCUT2D eigenvalue weighted by molar-refractivity contribution is 0.0965. The van der Waals surface area contributed by atoms with E-state index in [2.05, 4.69) is 41.0 Å². The number of aliphatic hydroxyl groups excluding tert-OH is 1. The van der Waals surface area contributed by atoms with Crippen LogP contribution < -0.4 is 20.9 Å². The normalized spacial score (nSPS) is 15.6. The molecular weight excluding hydrogens is 490 g/mol. The molecule has 5 heterocycles. The maximum atomic E-state index is 11.8. The van der Waals surface area contributed by atoms with Crippen molar-refractivity contribution in [2.45, 2.75) is 12.6 Å². The minimum absolute atomic E-state index is 0.141. The summed E-state index contributed by atoms with van der Waals surface area (Å²) >= 11 is 0. The summed E-state index contributed by atoms with van der Waals surface area (Å²) in [4.78, 5) is 32.0. The molecule has 0 spiro atoms. The molecule has 0 bridgehead atoms. The number of hydrogen-bond donors (Lipinski definition) is 4. The minimum atomic E-state index is -0.449. The number of pyridine rings is 1. The first-order valence-corrected chi connectivity index (χ1v) is 12.2. The predicted octanol–water partition coefficient (Wildman–Crippen LogP) is 1.89. The van der Waals surface area contributed by atoms with E-state index in [-0.39, 0.29) is 24.4 Å². The number of ether oxygens (including phenoxy) is 1. The van der Waals surface area contributed by atoms with Gasteiger partial charge in [-0.1, -0.05) is 30.3 Å². The van der Waals surface area contributed by atoms with Gasteiger partial charge >= 0.3 is 0 Å². The molecule has 13 nitrogen and oxygen atoms in total. The molecular formula is C25H25N9O4. The second-order valence-corrected chi connectivity index (χ2v) is 8.74. The first kappa shape index (κ1) is 23.8. The fraction of sp³-hybridized carbons (Fsp3) is 0.280. The number of morpholine rings is 1. The highest BCUT2D eigenvalue weighted by Gasteiger charge is 2.23. The van der Waals surface area contributed by atoms with E-state index in [1.54, 1.807) is 18.3 Å². The zero-order valence-corrected chi connectivity index (χ0v) is 20.3. The van der Waals surface area contributed by atoms with E-state index in [1.807, 2.05) is 35.2 Å². The van der Waals surface area contributed by atoms with Gasteiger partial charge in [-0.2, -0.15) is 9.97 Å². The first-order chi connectivity index (χ1) is 18.7. The maximum Gasteiger partial charge on any atom is 0.266 e. The Labute approximate surface area is 217 Å². The van der Waals surface area contributed by atoms with Gasteiger partial charge in [0.15, 0.2) is 0 Å². The lowest BCUT2D eigenvalue weighted by atomic mass is 10.1. The molecule has 1 aromatic carbocycles. The monoisotopic (exact) mass is 515 g/mol. The van der Waals surface area contributed by atoms with Crippen molar-refractivity contribution in [2.75, 3.05) is 48.4 Å². The van der Waals surface area contributed by atoms with Gasteiger partial charge in [0, 0.05) is 19.3 Å². The molecule has 4 N–H and O–H groups in total. The van der Waals surface area contributed by atoms with Gasteiger partial charge in [0.1, 0.15) is 17.2 Å². The molecule has 0 radical (unpaired) electrons. The predicted molar refractivity (Wildman–Crippen MR) is 137 cm³/mol. The fourth-order valence-corrected chi connectivity index (χ4v) is 4.30. The van der Waals surface area contributed by atoms with Crippen molar-refractivity contribution in [3.8, 4) is 11.5 Å². The van der Waals surface area contributed by atoms with Crippen LogP contribution in [0.15, 0.2) is 53.2 Å². The molecule has 4 aromatic rings. The van der Waals surface area contributed by atoms with E-state index in [1.165, 1.54) is 0 Å².